The molecule has 0 aromatic heterocycles. The molecule has 0 radical (unpaired) electrons. The van der Waals surface area contributed by atoms with Crippen LogP contribution in [0.25, 0.3) is 0 Å². The van der Waals surface area contributed by atoms with Crippen molar-refractivity contribution in [3.63, 3.8) is 0 Å². The van der Waals surface area contributed by atoms with Crippen LogP contribution in [0.4, 0.5) is 0 Å². The molecule has 184 valence electrons. The summed E-state index contributed by atoms with van der Waals surface area (Å²) in [5, 5.41) is 0. The van der Waals surface area contributed by atoms with Crippen molar-refractivity contribution in [2.24, 2.45) is 5.92 Å². The average Bonchev–Trinajstić information content (AvgIpc) is 2.77. The predicted octanol–water partition coefficient (Wildman–Crippen LogP) is 4.95. The number of unbranched alkanes of at least 4 members (excludes halogenated alkanes) is 1. The van der Waals surface area contributed by atoms with Gasteiger partial charge in [-0.15, -0.1) is 0 Å². The second kappa shape index (κ2) is 11.5. The van der Waals surface area contributed by atoms with Crippen LogP contribution in [0.15, 0.2) is 53.4 Å². The van der Waals surface area contributed by atoms with Crippen LogP contribution in [0, 0.1) is 5.92 Å². The molecule has 0 bridgehead atoms. The summed E-state index contributed by atoms with van der Waals surface area (Å²) in [6, 6.07) is 12.5. The molecule has 1 saturated carbocycles. The Morgan fingerprint density at radius 1 is 1.06 bits per heavy atom. The lowest BCUT2D eigenvalue weighted by Crippen LogP contribution is -2.42. The van der Waals surface area contributed by atoms with Gasteiger partial charge in [0.1, 0.15) is 10.6 Å². The van der Waals surface area contributed by atoms with Gasteiger partial charge < -0.3 is 13.8 Å². The normalized spacial score (nSPS) is 13.9. The van der Waals surface area contributed by atoms with E-state index in [1.54, 1.807) is 30.3 Å². The van der Waals surface area contributed by atoms with Gasteiger partial charge in [-0.2, -0.15) is 8.42 Å². The lowest BCUT2D eigenvalue weighted by molar-refractivity contribution is -0.140. The van der Waals surface area contributed by atoms with Crippen molar-refractivity contribution in [1.82, 2.24) is 4.90 Å². The summed E-state index contributed by atoms with van der Waals surface area (Å²) in [6.45, 7) is 6.63. The molecule has 34 heavy (non-hydrogen) atoms. The van der Waals surface area contributed by atoms with E-state index in [-0.39, 0.29) is 40.7 Å². The Hall–Kier alpha value is -2.87. The topological polar surface area (TPSA) is 90.0 Å². The molecule has 1 aliphatic carbocycles. The zero-order chi connectivity index (χ0) is 24.7. The van der Waals surface area contributed by atoms with Crippen molar-refractivity contribution < 1.29 is 26.9 Å². The molecule has 0 unspecified atom stereocenters. The standard InChI is InChI=1S/C26H33NO6S/c1-4-5-17-32-26(29)23-11-6-7-12-24(23)34(30,31)33-22-15-13-20(14-16-22)18-27(19(2)3)25(28)21-9-8-10-21/h6-7,11-16,19,21H,4-5,8-10,17-18H2,1-3H3. The summed E-state index contributed by atoms with van der Waals surface area (Å²) in [6.07, 6.45) is 4.54. The minimum Gasteiger partial charge on any atom is -0.462 e. The molecule has 0 N–H and O–H groups in total. The van der Waals surface area contributed by atoms with Gasteiger partial charge in [0.05, 0.1) is 12.2 Å². The van der Waals surface area contributed by atoms with Crippen LogP contribution < -0.4 is 4.18 Å². The maximum Gasteiger partial charge on any atom is 0.340 e. The molecule has 0 saturated heterocycles. The van der Waals surface area contributed by atoms with E-state index < -0.39 is 16.1 Å². The summed E-state index contributed by atoms with van der Waals surface area (Å²) < 4.78 is 36.4. The Bertz CT molecular complexity index is 1090. The number of benzene rings is 2. The van der Waals surface area contributed by atoms with Gasteiger partial charge in [-0.25, -0.2) is 4.79 Å². The fraction of sp³-hybridized carbons (Fsp3) is 0.462. The molecule has 2 aromatic carbocycles. The van der Waals surface area contributed by atoms with Crippen LogP contribution in [0.5, 0.6) is 5.75 Å². The van der Waals surface area contributed by atoms with Crippen LogP contribution in [0.3, 0.4) is 0 Å². The lowest BCUT2D eigenvalue weighted by atomic mass is 9.84. The van der Waals surface area contributed by atoms with Gasteiger partial charge in [-0.3, -0.25) is 4.79 Å². The Morgan fingerprint density at radius 3 is 2.32 bits per heavy atom. The quantitative estimate of drug-likeness (QED) is 0.253. The highest BCUT2D eigenvalue weighted by Crippen LogP contribution is 2.30. The van der Waals surface area contributed by atoms with Gasteiger partial charge in [-0.05, 0) is 62.9 Å². The maximum atomic E-state index is 12.9. The van der Waals surface area contributed by atoms with E-state index in [0.717, 1.165) is 31.2 Å². The molecule has 0 atom stereocenters. The van der Waals surface area contributed by atoms with E-state index in [0.29, 0.717) is 13.0 Å². The van der Waals surface area contributed by atoms with E-state index in [1.807, 2.05) is 25.7 Å². The van der Waals surface area contributed by atoms with Crippen molar-refractivity contribution >= 4 is 22.0 Å². The summed E-state index contributed by atoms with van der Waals surface area (Å²) in [7, 11) is -4.25. The first-order valence-corrected chi connectivity index (χ1v) is 13.2. The van der Waals surface area contributed by atoms with Crippen molar-refractivity contribution in [2.75, 3.05) is 6.61 Å². The van der Waals surface area contributed by atoms with Crippen LogP contribution in [-0.2, 0) is 26.2 Å². The smallest absolute Gasteiger partial charge is 0.340 e. The molecule has 0 heterocycles. The second-order valence-electron chi connectivity index (χ2n) is 8.85. The first-order chi connectivity index (χ1) is 16.2. The first kappa shape index (κ1) is 25.7. The molecule has 3 rings (SSSR count). The zero-order valence-electron chi connectivity index (χ0n) is 20.0. The van der Waals surface area contributed by atoms with Crippen molar-refractivity contribution in [2.45, 2.75) is 70.4 Å². The van der Waals surface area contributed by atoms with Crippen LogP contribution in [-0.4, -0.2) is 37.8 Å². The highest BCUT2D eigenvalue weighted by Gasteiger charge is 2.30. The minimum atomic E-state index is -4.25. The molecule has 0 aliphatic heterocycles. The van der Waals surface area contributed by atoms with Gasteiger partial charge in [0, 0.05) is 18.5 Å². The number of hydrogen-bond acceptors (Lipinski definition) is 6. The number of nitrogens with zero attached hydrogens (tertiary/aromatic N) is 1. The second-order valence-corrected chi connectivity index (χ2v) is 10.4. The summed E-state index contributed by atoms with van der Waals surface area (Å²) >= 11 is 0. The number of carbonyl (C=O) groups excluding carboxylic acids is 2. The third-order valence-corrected chi connectivity index (χ3v) is 7.26. The maximum absolute atomic E-state index is 12.9. The molecule has 1 fully saturated rings. The molecule has 8 heteroatoms. The number of hydrogen-bond donors (Lipinski definition) is 0. The number of amides is 1. The fourth-order valence-electron chi connectivity index (χ4n) is 3.66. The van der Waals surface area contributed by atoms with Crippen LogP contribution >= 0.6 is 0 Å². The largest absolute Gasteiger partial charge is 0.462 e. The van der Waals surface area contributed by atoms with E-state index in [4.69, 9.17) is 8.92 Å². The van der Waals surface area contributed by atoms with Crippen LogP contribution in [0.2, 0.25) is 0 Å². The van der Waals surface area contributed by atoms with E-state index in [1.165, 1.54) is 18.2 Å². The summed E-state index contributed by atoms with van der Waals surface area (Å²) in [4.78, 5) is 26.8. The van der Waals surface area contributed by atoms with Gasteiger partial charge in [-0.1, -0.05) is 44.0 Å². The summed E-state index contributed by atoms with van der Waals surface area (Å²) in [5.41, 5.74) is 0.823. The van der Waals surface area contributed by atoms with Gasteiger partial charge in [0.15, 0.2) is 0 Å². The highest BCUT2D eigenvalue weighted by molar-refractivity contribution is 7.87. The van der Waals surface area contributed by atoms with Crippen LogP contribution in [0.1, 0.15) is 68.8 Å². The van der Waals surface area contributed by atoms with Crippen molar-refractivity contribution in [3.05, 3.63) is 59.7 Å². The van der Waals surface area contributed by atoms with Gasteiger partial charge in [0.25, 0.3) is 0 Å². The fourth-order valence-corrected chi connectivity index (χ4v) is 4.78. The van der Waals surface area contributed by atoms with Gasteiger partial charge >= 0.3 is 16.1 Å². The Morgan fingerprint density at radius 2 is 1.74 bits per heavy atom. The van der Waals surface area contributed by atoms with E-state index >= 15 is 0 Å². The van der Waals surface area contributed by atoms with Crippen molar-refractivity contribution in [3.8, 4) is 5.75 Å². The molecule has 2 aromatic rings. The molecular formula is C26H33NO6S. The van der Waals surface area contributed by atoms with E-state index in [9.17, 15) is 18.0 Å². The average molecular weight is 488 g/mol. The molecular weight excluding hydrogens is 454 g/mol. The molecule has 0 spiro atoms. The number of ether oxygens (including phenoxy) is 1. The first-order valence-electron chi connectivity index (χ1n) is 11.8. The summed E-state index contributed by atoms with van der Waals surface area (Å²) in [5.74, 6) is -0.286. The monoisotopic (exact) mass is 487 g/mol. The minimum absolute atomic E-state index is 0.0581. The third kappa shape index (κ3) is 6.38. The Kier molecular flexibility index (Phi) is 8.72. The van der Waals surface area contributed by atoms with Gasteiger partial charge in [0.2, 0.25) is 5.91 Å². The lowest BCUT2D eigenvalue weighted by Gasteiger charge is -2.34. The Balaban J connectivity index is 1.71. The number of esters is 1. The SMILES string of the molecule is CCCCOC(=O)c1ccccc1S(=O)(=O)Oc1ccc(CN(C(=O)C2CCC2)C(C)C)cc1. The zero-order valence-corrected chi connectivity index (χ0v) is 20.8. The molecule has 1 aliphatic rings. The van der Waals surface area contributed by atoms with E-state index in [2.05, 4.69) is 0 Å². The number of rotatable bonds is 11. The molecule has 7 nitrogen and oxygen atoms in total. The Labute approximate surface area is 202 Å². The van der Waals surface area contributed by atoms with Crippen molar-refractivity contribution in [1.29, 1.82) is 0 Å². The molecule has 1 amide bonds. The predicted molar refractivity (Wildman–Crippen MR) is 129 cm³/mol. The number of carbonyl (C=O) groups is 2. The highest BCUT2D eigenvalue weighted by atomic mass is 32.2. The third-order valence-electron chi connectivity index (χ3n) is 5.95.